The molecule has 3 N–H and O–H groups in total. The number of aromatic nitrogens is 1. The summed E-state index contributed by atoms with van der Waals surface area (Å²) in [6.45, 7) is 0.884. The average Bonchev–Trinajstić information content (AvgIpc) is 2.06. The molecule has 13 heavy (non-hydrogen) atoms. The van der Waals surface area contributed by atoms with Crippen LogP contribution in [0.25, 0.3) is 0 Å². The first-order chi connectivity index (χ1) is 6.31. The molecule has 1 aromatic rings. The van der Waals surface area contributed by atoms with E-state index in [1.807, 2.05) is 0 Å². The third kappa shape index (κ3) is 1.50. The number of aliphatic hydroxyl groups is 1. The molecule has 0 aromatic carbocycles. The van der Waals surface area contributed by atoms with Crippen LogP contribution in [-0.2, 0) is 6.61 Å². The molecule has 0 spiro atoms. The van der Waals surface area contributed by atoms with Crippen molar-refractivity contribution < 1.29 is 10.2 Å². The van der Waals surface area contributed by atoms with Crippen LogP contribution in [0.3, 0.4) is 0 Å². The van der Waals surface area contributed by atoms with Crippen LogP contribution >= 0.6 is 0 Å². The molecule has 70 valence electrons. The first-order valence-corrected chi connectivity index (χ1v) is 4.34. The van der Waals surface area contributed by atoms with Crippen molar-refractivity contribution in [3.8, 4) is 5.75 Å². The number of pyridine rings is 1. The zero-order chi connectivity index (χ0) is 9.26. The second-order valence-corrected chi connectivity index (χ2v) is 3.16. The van der Waals surface area contributed by atoms with Crippen LogP contribution in [0.1, 0.15) is 23.9 Å². The van der Waals surface area contributed by atoms with Gasteiger partial charge in [-0.3, -0.25) is 0 Å². The molecule has 1 fully saturated rings. The van der Waals surface area contributed by atoms with Gasteiger partial charge in [-0.15, -0.1) is 0 Å². The van der Waals surface area contributed by atoms with Gasteiger partial charge in [-0.25, -0.2) is 4.98 Å². The summed E-state index contributed by atoms with van der Waals surface area (Å²) in [7, 11) is 0. The van der Waals surface area contributed by atoms with Crippen molar-refractivity contribution in [2.45, 2.75) is 19.1 Å². The fourth-order valence-electron chi connectivity index (χ4n) is 1.38. The quantitative estimate of drug-likeness (QED) is 0.613. The Morgan fingerprint density at radius 2 is 2.31 bits per heavy atom. The molecule has 0 aliphatic carbocycles. The first kappa shape index (κ1) is 8.47. The maximum absolute atomic E-state index is 9.48. The van der Waals surface area contributed by atoms with Crippen LogP contribution < -0.4 is 5.32 Å². The summed E-state index contributed by atoms with van der Waals surface area (Å²) < 4.78 is 0. The Kier molecular flexibility index (Phi) is 2.16. The standard InChI is InChI=1S/C9H12N2O2/c12-5-6-1-2-8(13)9(11-6)7-3-4-10-7/h1-2,7,10,12-13H,3-5H2/t7-/m1/s1. The molecular formula is C9H12N2O2. The first-order valence-electron chi connectivity index (χ1n) is 4.34. The zero-order valence-corrected chi connectivity index (χ0v) is 7.20. The molecule has 2 heterocycles. The molecule has 0 amide bonds. The molecule has 0 radical (unpaired) electrons. The highest BCUT2D eigenvalue weighted by molar-refractivity contribution is 5.31. The van der Waals surface area contributed by atoms with Gasteiger partial charge in [0.25, 0.3) is 0 Å². The van der Waals surface area contributed by atoms with Crippen LogP contribution in [0.2, 0.25) is 0 Å². The summed E-state index contributed by atoms with van der Waals surface area (Å²) in [6.07, 6.45) is 0.995. The van der Waals surface area contributed by atoms with Crippen LogP contribution in [0.5, 0.6) is 5.75 Å². The lowest BCUT2D eigenvalue weighted by molar-refractivity contribution is 0.274. The number of aliphatic hydroxyl groups excluding tert-OH is 1. The largest absolute Gasteiger partial charge is 0.506 e. The highest BCUT2D eigenvalue weighted by Gasteiger charge is 2.22. The second-order valence-electron chi connectivity index (χ2n) is 3.16. The van der Waals surface area contributed by atoms with E-state index in [2.05, 4.69) is 10.3 Å². The highest BCUT2D eigenvalue weighted by atomic mass is 16.3. The van der Waals surface area contributed by atoms with Crippen molar-refractivity contribution in [2.75, 3.05) is 6.54 Å². The van der Waals surface area contributed by atoms with Crippen molar-refractivity contribution in [3.63, 3.8) is 0 Å². The summed E-state index contributed by atoms with van der Waals surface area (Å²) in [5, 5.41) is 21.5. The van der Waals surface area contributed by atoms with Crippen molar-refractivity contribution in [2.24, 2.45) is 0 Å². The average molecular weight is 180 g/mol. The van der Waals surface area contributed by atoms with Gasteiger partial charge in [0.15, 0.2) is 0 Å². The minimum atomic E-state index is -0.0833. The predicted molar refractivity (Wildman–Crippen MR) is 47.2 cm³/mol. The molecule has 4 nitrogen and oxygen atoms in total. The molecule has 0 bridgehead atoms. The molecule has 0 unspecified atom stereocenters. The van der Waals surface area contributed by atoms with Gasteiger partial charge in [0.05, 0.1) is 24.0 Å². The summed E-state index contributed by atoms with van der Waals surface area (Å²) in [5.41, 5.74) is 1.25. The van der Waals surface area contributed by atoms with E-state index in [9.17, 15) is 5.11 Å². The van der Waals surface area contributed by atoms with Crippen molar-refractivity contribution in [1.82, 2.24) is 10.3 Å². The number of hydrogen-bond donors (Lipinski definition) is 3. The number of nitrogens with one attached hydrogen (secondary N) is 1. The van der Waals surface area contributed by atoms with E-state index in [1.165, 1.54) is 0 Å². The molecule has 4 heteroatoms. The van der Waals surface area contributed by atoms with Gasteiger partial charge in [-0.1, -0.05) is 0 Å². The summed E-state index contributed by atoms with van der Waals surface area (Å²) in [5.74, 6) is 0.203. The van der Waals surface area contributed by atoms with Crippen LogP contribution in [-0.4, -0.2) is 21.7 Å². The third-order valence-electron chi connectivity index (χ3n) is 2.28. The maximum atomic E-state index is 9.48. The van der Waals surface area contributed by atoms with Crippen LogP contribution in [0.15, 0.2) is 12.1 Å². The van der Waals surface area contributed by atoms with Crippen LogP contribution in [0.4, 0.5) is 0 Å². The smallest absolute Gasteiger partial charge is 0.138 e. The van der Waals surface area contributed by atoms with E-state index in [-0.39, 0.29) is 18.4 Å². The van der Waals surface area contributed by atoms with Crippen molar-refractivity contribution >= 4 is 0 Å². The Hall–Kier alpha value is -1.13. The summed E-state index contributed by atoms with van der Waals surface area (Å²) >= 11 is 0. The summed E-state index contributed by atoms with van der Waals surface area (Å²) in [4.78, 5) is 4.15. The Morgan fingerprint density at radius 3 is 2.85 bits per heavy atom. The zero-order valence-electron chi connectivity index (χ0n) is 7.20. The van der Waals surface area contributed by atoms with E-state index in [1.54, 1.807) is 12.1 Å². The Balaban J connectivity index is 2.30. The van der Waals surface area contributed by atoms with Gasteiger partial charge in [-0.2, -0.15) is 0 Å². The lowest BCUT2D eigenvalue weighted by Crippen LogP contribution is -2.35. The molecule has 2 rings (SSSR count). The molecule has 1 atom stereocenters. The van der Waals surface area contributed by atoms with Crippen molar-refractivity contribution in [1.29, 1.82) is 0 Å². The molecule has 1 aliphatic heterocycles. The van der Waals surface area contributed by atoms with Gasteiger partial charge in [0, 0.05) is 0 Å². The number of hydrogen-bond acceptors (Lipinski definition) is 4. The molecular weight excluding hydrogens is 168 g/mol. The van der Waals surface area contributed by atoms with Gasteiger partial charge in [-0.05, 0) is 25.1 Å². The highest BCUT2D eigenvalue weighted by Crippen LogP contribution is 2.28. The van der Waals surface area contributed by atoms with Crippen LogP contribution in [0, 0.1) is 0 Å². The molecule has 1 saturated heterocycles. The monoisotopic (exact) mass is 180 g/mol. The van der Waals surface area contributed by atoms with E-state index >= 15 is 0 Å². The Morgan fingerprint density at radius 1 is 1.54 bits per heavy atom. The SMILES string of the molecule is OCc1ccc(O)c([C@H]2CCN2)n1. The maximum Gasteiger partial charge on any atom is 0.138 e. The normalized spacial score (nSPS) is 21.2. The van der Waals surface area contributed by atoms with E-state index in [4.69, 9.17) is 5.11 Å². The fraction of sp³-hybridized carbons (Fsp3) is 0.444. The lowest BCUT2D eigenvalue weighted by Gasteiger charge is -2.27. The topological polar surface area (TPSA) is 65.4 Å². The van der Waals surface area contributed by atoms with E-state index < -0.39 is 0 Å². The van der Waals surface area contributed by atoms with Gasteiger partial charge < -0.3 is 15.5 Å². The molecule has 1 aliphatic rings. The van der Waals surface area contributed by atoms with Gasteiger partial charge in [0.2, 0.25) is 0 Å². The van der Waals surface area contributed by atoms with E-state index in [0.29, 0.717) is 11.4 Å². The lowest BCUT2D eigenvalue weighted by atomic mass is 10.0. The van der Waals surface area contributed by atoms with Gasteiger partial charge in [0.1, 0.15) is 5.75 Å². The molecule has 1 aromatic heterocycles. The predicted octanol–water partition coefficient (Wildman–Crippen LogP) is 0.314. The molecule has 0 saturated carbocycles. The van der Waals surface area contributed by atoms with Gasteiger partial charge >= 0.3 is 0 Å². The minimum absolute atomic E-state index is 0.0833. The van der Waals surface area contributed by atoms with E-state index in [0.717, 1.165) is 13.0 Å². The third-order valence-corrected chi connectivity index (χ3v) is 2.28. The van der Waals surface area contributed by atoms with Crippen molar-refractivity contribution in [3.05, 3.63) is 23.5 Å². The second kappa shape index (κ2) is 3.32. The fourth-order valence-corrected chi connectivity index (χ4v) is 1.38. The number of rotatable bonds is 2. The Bertz CT molecular complexity index is 310. The Labute approximate surface area is 76.2 Å². The minimum Gasteiger partial charge on any atom is -0.506 e. The number of aromatic hydroxyl groups is 1. The summed E-state index contributed by atoms with van der Waals surface area (Å²) in [6, 6.07) is 3.36. The number of nitrogens with zero attached hydrogens (tertiary/aromatic N) is 1.